The van der Waals surface area contributed by atoms with E-state index >= 15 is 0 Å². The first-order chi connectivity index (χ1) is 14.5. The van der Waals surface area contributed by atoms with Gasteiger partial charge in [-0.05, 0) is 75.2 Å². The maximum Gasteiger partial charge on any atom is 0.273 e. The Bertz CT molecular complexity index is 987. The molecule has 0 spiro atoms. The summed E-state index contributed by atoms with van der Waals surface area (Å²) in [5, 5.41) is 7.58. The Labute approximate surface area is 181 Å². The van der Waals surface area contributed by atoms with Gasteiger partial charge < -0.3 is 14.3 Å². The van der Waals surface area contributed by atoms with E-state index in [1.165, 1.54) is 0 Å². The van der Waals surface area contributed by atoms with Gasteiger partial charge in [0.2, 0.25) is 0 Å². The third kappa shape index (κ3) is 4.77. The van der Waals surface area contributed by atoms with Gasteiger partial charge in [-0.3, -0.25) is 9.69 Å². The van der Waals surface area contributed by atoms with E-state index in [9.17, 15) is 4.79 Å². The molecular formula is C23H26ClN3O3. The van der Waals surface area contributed by atoms with Gasteiger partial charge in [0.15, 0.2) is 11.5 Å². The fourth-order valence-corrected chi connectivity index (χ4v) is 3.92. The highest BCUT2D eigenvalue weighted by Gasteiger charge is 2.27. The van der Waals surface area contributed by atoms with Crippen molar-refractivity contribution in [3.05, 3.63) is 64.7 Å². The summed E-state index contributed by atoms with van der Waals surface area (Å²) >= 11 is 5.93. The quantitative estimate of drug-likeness (QED) is 0.592. The number of amides is 1. The Morgan fingerprint density at radius 3 is 2.63 bits per heavy atom. The zero-order chi connectivity index (χ0) is 21.1. The van der Waals surface area contributed by atoms with E-state index in [4.69, 9.17) is 20.5 Å². The van der Waals surface area contributed by atoms with Crippen LogP contribution in [0.4, 0.5) is 0 Å². The van der Waals surface area contributed by atoms with E-state index in [0.29, 0.717) is 17.3 Å². The fraction of sp³-hybridized carbons (Fsp3) is 0.391. The van der Waals surface area contributed by atoms with Gasteiger partial charge in [0.05, 0.1) is 6.04 Å². The minimum Gasteiger partial charge on any atom is -0.465 e. The van der Waals surface area contributed by atoms with Gasteiger partial charge in [0, 0.05) is 23.2 Å². The minimum atomic E-state index is -0.266. The molecule has 1 N–H and O–H groups in total. The zero-order valence-electron chi connectivity index (χ0n) is 17.2. The number of nitrogens with one attached hydrogen (secondary N) is 1. The third-order valence-electron chi connectivity index (χ3n) is 5.68. The largest absolute Gasteiger partial charge is 0.465 e. The standard InChI is InChI=1S/C23H26ClN3O3/c1-15-9-11-27(12-10-15)20(21-8-3-16(2)29-21)14-25-23(28)19-13-22(30-26-19)17-4-6-18(24)7-5-17/h3-8,13,15,20H,9-12,14H2,1-2H3,(H,25,28)/t20-/m1/s1. The van der Waals surface area contributed by atoms with Gasteiger partial charge in [-0.25, -0.2) is 0 Å². The van der Waals surface area contributed by atoms with E-state index in [0.717, 1.165) is 48.9 Å². The van der Waals surface area contributed by atoms with Crippen LogP contribution in [0.2, 0.25) is 5.02 Å². The lowest BCUT2D eigenvalue weighted by atomic mass is 9.97. The Balaban J connectivity index is 1.44. The zero-order valence-corrected chi connectivity index (χ0v) is 18.0. The lowest BCUT2D eigenvalue weighted by Gasteiger charge is -2.35. The number of carbonyl (C=O) groups excluding carboxylic acids is 1. The number of hydrogen-bond acceptors (Lipinski definition) is 5. The number of aryl methyl sites for hydroxylation is 1. The maximum absolute atomic E-state index is 12.7. The van der Waals surface area contributed by atoms with Gasteiger partial charge in [0.1, 0.15) is 11.5 Å². The first-order valence-corrected chi connectivity index (χ1v) is 10.7. The van der Waals surface area contributed by atoms with Crippen molar-refractivity contribution in [3.8, 4) is 11.3 Å². The Hall–Kier alpha value is -2.57. The first kappa shape index (κ1) is 20.7. The number of likely N-dealkylation sites (tertiary alicyclic amines) is 1. The highest BCUT2D eigenvalue weighted by Crippen LogP contribution is 2.28. The van der Waals surface area contributed by atoms with Gasteiger partial charge in [0.25, 0.3) is 5.91 Å². The molecule has 0 radical (unpaired) electrons. The Kier molecular flexibility index (Phi) is 6.25. The lowest BCUT2D eigenvalue weighted by molar-refractivity contribution is 0.0887. The predicted molar refractivity (Wildman–Crippen MR) is 115 cm³/mol. The van der Waals surface area contributed by atoms with Crippen LogP contribution in [0.5, 0.6) is 0 Å². The predicted octanol–water partition coefficient (Wildman–Crippen LogP) is 5.10. The van der Waals surface area contributed by atoms with Crippen LogP contribution in [-0.4, -0.2) is 35.6 Å². The van der Waals surface area contributed by atoms with E-state index in [-0.39, 0.29) is 17.6 Å². The van der Waals surface area contributed by atoms with Crippen LogP contribution in [0, 0.1) is 12.8 Å². The van der Waals surface area contributed by atoms with Crippen LogP contribution in [-0.2, 0) is 0 Å². The molecule has 30 heavy (non-hydrogen) atoms. The van der Waals surface area contributed by atoms with Crippen LogP contribution in [0.15, 0.2) is 51.4 Å². The number of halogens is 1. The average molecular weight is 428 g/mol. The first-order valence-electron chi connectivity index (χ1n) is 10.3. The van der Waals surface area contributed by atoms with Gasteiger partial charge in [-0.2, -0.15) is 0 Å². The molecule has 158 valence electrons. The lowest BCUT2D eigenvalue weighted by Crippen LogP contribution is -2.41. The molecule has 0 unspecified atom stereocenters. The number of furan rings is 1. The molecule has 1 amide bonds. The molecule has 0 bridgehead atoms. The summed E-state index contributed by atoms with van der Waals surface area (Å²) < 4.78 is 11.2. The van der Waals surface area contributed by atoms with Crippen LogP contribution in [0.25, 0.3) is 11.3 Å². The molecule has 0 saturated carbocycles. The second kappa shape index (κ2) is 9.06. The number of nitrogens with zero attached hydrogens (tertiary/aromatic N) is 2. The number of benzene rings is 1. The third-order valence-corrected chi connectivity index (χ3v) is 5.93. The second-order valence-electron chi connectivity index (χ2n) is 7.98. The summed E-state index contributed by atoms with van der Waals surface area (Å²) in [6.45, 7) is 6.65. The number of piperidine rings is 1. The van der Waals surface area contributed by atoms with Crippen molar-refractivity contribution in [2.75, 3.05) is 19.6 Å². The smallest absolute Gasteiger partial charge is 0.273 e. The molecule has 3 heterocycles. The van der Waals surface area contributed by atoms with Gasteiger partial charge in [-0.1, -0.05) is 23.7 Å². The summed E-state index contributed by atoms with van der Waals surface area (Å²) in [7, 11) is 0. The van der Waals surface area contributed by atoms with E-state index in [1.54, 1.807) is 18.2 Å². The van der Waals surface area contributed by atoms with Crippen molar-refractivity contribution >= 4 is 17.5 Å². The average Bonchev–Trinajstić information content (AvgIpc) is 3.39. The summed E-state index contributed by atoms with van der Waals surface area (Å²) in [6.07, 6.45) is 2.30. The van der Waals surface area contributed by atoms with E-state index < -0.39 is 0 Å². The second-order valence-corrected chi connectivity index (χ2v) is 8.41. The molecule has 1 aromatic carbocycles. The van der Waals surface area contributed by atoms with Crippen LogP contribution in [0.3, 0.4) is 0 Å². The molecular weight excluding hydrogens is 402 g/mol. The van der Waals surface area contributed by atoms with Crippen molar-refractivity contribution < 1.29 is 13.7 Å². The SMILES string of the molecule is Cc1ccc([C@@H](CNC(=O)c2cc(-c3ccc(Cl)cc3)on2)N2CCC(C)CC2)o1. The molecule has 4 rings (SSSR count). The number of aromatic nitrogens is 1. The fourth-order valence-electron chi connectivity index (χ4n) is 3.79. The molecule has 1 aliphatic rings. The monoisotopic (exact) mass is 427 g/mol. The van der Waals surface area contributed by atoms with Crippen molar-refractivity contribution in [2.45, 2.75) is 32.7 Å². The summed E-state index contributed by atoms with van der Waals surface area (Å²) in [5.74, 6) is 2.74. The van der Waals surface area contributed by atoms with Crippen molar-refractivity contribution in [1.82, 2.24) is 15.4 Å². The summed E-state index contributed by atoms with van der Waals surface area (Å²) in [4.78, 5) is 15.1. The molecule has 1 fully saturated rings. The summed E-state index contributed by atoms with van der Waals surface area (Å²) in [5.41, 5.74) is 1.07. The van der Waals surface area contributed by atoms with E-state index in [1.807, 2.05) is 31.2 Å². The minimum absolute atomic E-state index is 0.00205. The molecule has 3 aromatic rings. The molecule has 0 aliphatic carbocycles. The number of rotatable bonds is 6. The highest BCUT2D eigenvalue weighted by molar-refractivity contribution is 6.30. The van der Waals surface area contributed by atoms with Gasteiger partial charge >= 0.3 is 0 Å². The van der Waals surface area contributed by atoms with E-state index in [2.05, 4.69) is 22.3 Å². The van der Waals surface area contributed by atoms with Gasteiger partial charge in [-0.15, -0.1) is 0 Å². The Morgan fingerprint density at radius 2 is 1.97 bits per heavy atom. The van der Waals surface area contributed by atoms with Crippen LogP contribution in [0.1, 0.15) is 47.8 Å². The van der Waals surface area contributed by atoms with Crippen LogP contribution < -0.4 is 5.32 Å². The highest BCUT2D eigenvalue weighted by atomic mass is 35.5. The van der Waals surface area contributed by atoms with Crippen LogP contribution >= 0.6 is 11.6 Å². The maximum atomic E-state index is 12.7. The van der Waals surface area contributed by atoms with Crippen molar-refractivity contribution in [2.24, 2.45) is 5.92 Å². The molecule has 1 atom stereocenters. The molecule has 1 saturated heterocycles. The Morgan fingerprint density at radius 1 is 1.23 bits per heavy atom. The topological polar surface area (TPSA) is 71.5 Å². The molecule has 6 nitrogen and oxygen atoms in total. The normalized spacial score (nSPS) is 16.5. The molecule has 2 aromatic heterocycles. The molecule has 1 aliphatic heterocycles. The number of hydrogen-bond donors (Lipinski definition) is 1. The number of carbonyl (C=O) groups is 1. The van der Waals surface area contributed by atoms with Crippen molar-refractivity contribution in [3.63, 3.8) is 0 Å². The molecule has 7 heteroatoms. The summed E-state index contributed by atoms with van der Waals surface area (Å²) in [6, 6.07) is 12.8. The van der Waals surface area contributed by atoms with Crippen molar-refractivity contribution in [1.29, 1.82) is 0 Å².